The van der Waals surface area contributed by atoms with Crippen LogP contribution in [0.2, 0.25) is 0 Å². The van der Waals surface area contributed by atoms with Gasteiger partial charge in [-0.3, -0.25) is 0 Å². The van der Waals surface area contributed by atoms with Crippen LogP contribution < -0.4 is 5.32 Å². The molecule has 0 bridgehead atoms. The van der Waals surface area contributed by atoms with Gasteiger partial charge in [-0.15, -0.1) is 0 Å². The summed E-state index contributed by atoms with van der Waals surface area (Å²) in [6.45, 7) is 4.03. The molecule has 1 aliphatic heterocycles. The van der Waals surface area contributed by atoms with Gasteiger partial charge >= 0.3 is 0 Å². The van der Waals surface area contributed by atoms with Gasteiger partial charge in [0.15, 0.2) is 0 Å². The minimum atomic E-state index is -0.149. The van der Waals surface area contributed by atoms with Crippen LogP contribution in [-0.4, -0.2) is 13.1 Å². The average molecular weight is 255 g/mol. The molecule has 0 atom stereocenters. The SMILES string of the molecule is Cc1ccc(C2(Cc3cccc(F)c3)CNC2)cc1. The molecule has 0 amide bonds. The smallest absolute Gasteiger partial charge is 0.123 e. The summed E-state index contributed by atoms with van der Waals surface area (Å²) in [4.78, 5) is 0. The molecular weight excluding hydrogens is 237 g/mol. The van der Waals surface area contributed by atoms with Crippen LogP contribution in [0.5, 0.6) is 0 Å². The topological polar surface area (TPSA) is 12.0 Å². The molecule has 2 heteroatoms. The summed E-state index contributed by atoms with van der Waals surface area (Å²) in [6.07, 6.45) is 0.890. The predicted molar refractivity (Wildman–Crippen MR) is 75.8 cm³/mol. The van der Waals surface area contributed by atoms with Crippen molar-refractivity contribution in [2.75, 3.05) is 13.1 Å². The molecule has 3 rings (SSSR count). The normalized spacial score (nSPS) is 16.9. The van der Waals surface area contributed by atoms with Crippen molar-refractivity contribution < 1.29 is 4.39 Å². The lowest BCUT2D eigenvalue weighted by atomic mass is 9.71. The fraction of sp³-hybridized carbons (Fsp3) is 0.294. The van der Waals surface area contributed by atoms with Crippen LogP contribution >= 0.6 is 0 Å². The largest absolute Gasteiger partial charge is 0.315 e. The Balaban J connectivity index is 1.89. The lowest BCUT2D eigenvalue weighted by Gasteiger charge is -2.43. The minimum Gasteiger partial charge on any atom is -0.315 e. The van der Waals surface area contributed by atoms with Gasteiger partial charge in [0.1, 0.15) is 5.82 Å². The number of hydrogen-bond donors (Lipinski definition) is 1. The monoisotopic (exact) mass is 255 g/mol. The van der Waals surface area contributed by atoms with Gasteiger partial charge in [-0.05, 0) is 36.6 Å². The van der Waals surface area contributed by atoms with Crippen molar-refractivity contribution in [1.29, 1.82) is 0 Å². The molecule has 2 aromatic carbocycles. The van der Waals surface area contributed by atoms with Crippen LogP contribution in [-0.2, 0) is 11.8 Å². The van der Waals surface area contributed by atoms with E-state index in [0.29, 0.717) is 0 Å². The van der Waals surface area contributed by atoms with E-state index in [4.69, 9.17) is 0 Å². The first-order valence-electron chi connectivity index (χ1n) is 6.70. The Bertz CT molecular complexity index is 570. The van der Waals surface area contributed by atoms with E-state index in [-0.39, 0.29) is 11.2 Å². The fourth-order valence-electron chi connectivity index (χ4n) is 2.80. The van der Waals surface area contributed by atoms with E-state index in [1.54, 1.807) is 12.1 Å². The zero-order valence-electron chi connectivity index (χ0n) is 11.1. The molecule has 1 heterocycles. The van der Waals surface area contributed by atoms with E-state index in [2.05, 4.69) is 36.5 Å². The summed E-state index contributed by atoms with van der Waals surface area (Å²) in [5, 5.41) is 3.36. The van der Waals surface area contributed by atoms with Gasteiger partial charge in [-0.2, -0.15) is 0 Å². The molecule has 1 aliphatic rings. The molecule has 0 aromatic heterocycles. The molecule has 0 unspecified atom stereocenters. The first kappa shape index (κ1) is 12.4. The van der Waals surface area contributed by atoms with Gasteiger partial charge in [0.2, 0.25) is 0 Å². The second kappa shape index (κ2) is 4.78. The van der Waals surface area contributed by atoms with E-state index in [1.807, 2.05) is 6.07 Å². The second-order valence-corrected chi connectivity index (χ2v) is 5.56. The zero-order valence-corrected chi connectivity index (χ0v) is 11.1. The number of nitrogens with one attached hydrogen (secondary N) is 1. The van der Waals surface area contributed by atoms with Crippen molar-refractivity contribution >= 4 is 0 Å². The van der Waals surface area contributed by atoms with Gasteiger partial charge in [-0.1, -0.05) is 42.0 Å². The molecule has 0 saturated carbocycles. The lowest BCUT2D eigenvalue weighted by Crippen LogP contribution is -2.58. The highest BCUT2D eigenvalue weighted by Crippen LogP contribution is 2.32. The van der Waals surface area contributed by atoms with Gasteiger partial charge in [0.25, 0.3) is 0 Å². The molecule has 1 fully saturated rings. The maximum atomic E-state index is 13.3. The third-order valence-electron chi connectivity index (χ3n) is 4.02. The third-order valence-corrected chi connectivity index (χ3v) is 4.02. The van der Waals surface area contributed by atoms with Gasteiger partial charge in [0.05, 0.1) is 0 Å². The molecule has 0 radical (unpaired) electrons. The van der Waals surface area contributed by atoms with Gasteiger partial charge in [-0.25, -0.2) is 4.39 Å². The highest BCUT2D eigenvalue weighted by molar-refractivity contribution is 5.35. The summed E-state index contributed by atoms with van der Waals surface area (Å²) >= 11 is 0. The first-order chi connectivity index (χ1) is 9.18. The first-order valence-corrected chi connectivity index (χ1v) is 6.70. The highest BCUT2D eigenvalue weighted by Gasteiger charge is 2.38. The molecule has 0 aliphatic carbocycles. The number of aryl methyl sites for hydroxylation is 1. The molecule has 2 aromatic rings. The summed E-state index contributed by atoms with van der Waals surface area (Å²) < 4.78 is 13.3. The van der Waals surface area contributed by atoms with Gasteiger partial charge in [0, 0.05) is 18.5 Å². The summed E-state index contributed by atoms with van der Waals surface area (Å²) in [5.74, 6) is -0.149. The molecule has 1 saturated heterocycles. The van der Waals surface area contributed by atoms with Crippen LogP contribution in [0.1, 0.15) is 16.7 Å². The van der Waals surface area contributed by atoms with Crippen molar-refractivity contribution in [1.82, 2.24) is 5.32 Å². The number of benzene rings is 2. The van der Waals surface area contributed by atoms with Crippen LogP contribution in [0.3, 0.4) is 0 Å². The fourth-order valence-corrected chi connectivity index (χ4v) is 2.80. The zero-order chi connectivity index (χ0) is 13.3. The maximum absolute atomic E-state index is 13.3. The summed E-state index contributed by atoms with van der Waals surface area (Å²) in [6, 6.07) is 15.7. The van der Waals surface area contributed by atoms with Crippen molar-refractivity contribution in [3.05, 3.63) is 71.0 Å². The van der Waals surface area contributed by atoms with E-state index in [9.17, 15) is 4.39 Å². The van der Waals surface area contributed by atoms with E-state index in [1.165, 1.54) is 17.2 Å². The third kappa shape index (κ3) is 2.41. The number of hydrogen-bond acceptors (Lipinski definition) is 1. The Kier molecular flexibility index (Phi) is 3.11. The Hall–Kier alpha value is -1.67. The average Bonchev–Trinajstić information content (AvgIpc) is 2.35. The Morgan fingerprint density at radius 2 is 1.84 bits per heavy atom. The molecule has 98 valence electrons. The van der Waals surface area contributed by atoms with E-state index >= 15 is 0 Å². The van der Waals surface area contributed by atoms with Crippen molar-refractivity contribution in [2.45, 2.75) is 18.8 Å². The van der Waals surface area contributed by atoms with Crippen LogP contribution in [0.4, 0.5) is 4.39 Å². The molecule has 1 N–H and O–H groups in total. The molecule has 0 spiro atoms. The standard InChI is InChI=1S/C17H18FN/c1-13-5-7-15(8-6-13)17(11-19-12-17)10-14-3-2-4-16(18)9-14/h2-9,19H,10-12H2,1H3. The number of rotatable bonds is 3. The minimum absolute atomic E-state index is 0.126. The number of halogens is 1. The van der Waals surface area contributed by atoms with Crippen molar-refractivity contribution in [2.24, 2.45) is 0 Å². The maximum Gasteiger partial charge on any atom is 0.123 e. The quantitative estimate of drug-likeness (QED) is 0.888. The second-order valence-electron chi connectivity index (χ2n) is 5.56. The Morgan fingerprint density at radius 1 is 1.11 bits per heavy atom. The molecular formula is C17H18FN. The van der Waals surface area contributed by atoms with Gasteiger partial charge < -0.3 is 5.32 Å². The predicted octanol–water partition coefficient (Wildman–Crippen LogP) is 3.22. The van der Waals surface area contributed by atoms with Crippen molar-refractivity contribution in [3.63, 3.8) is 0 Å². The lowest BCUT2D eigenvalue weighted by molar-refractivity contribution is 0.274. The van der Waals surface area contributed by atoms with Crippen molar-refractivity contribution in [3.8, 4) is 0 Å². The Labute approximate surface area is 113 Å². The summed E-state index contributed by atoms with van der Waals surface area (Å²) in [7, 11) is 0. The summed E-state index contributed by atoms with van der Waals surface area (Å²) in [5.41, 5.74) is 3.82. The molecule has 19 heavy (non-hydrogen) atoms. The highest BCUT2D eigenvalue weighted by atomic mass is 19.1. The Morgan fingerprint density at radius 3 is 2.42 bits per heavy atom. The van der Waals surface area contributed by atoms with E-state index in [0.717, 1.165) is 25.1 Å². The van der Waals surface area contributed by atoms with E-state index < -0.39 is 0 Å². The van der Waals surface area contributed by atoms with Crippen LogP contribution in [0.25, 0.3) is 0 Å². The molecule has 1 nitrogen and oxygen atoms in total. The van der Waals surface area contributed by atoms with Crippen LogP contribution in [0, 0.1) is 12.7 Å². The van der Waals surface area contributed by atoms with Crippen LogP contribution in [0.15, 0.2) is 48.5 Å².